The molecule has 2 aromatic rings. The summed E-state index contributed by atoms with van der Waals surface area (Å²) in [5, 5.41) is 5.87. The smallest absolute Gasteiger partial charge is 0.276 e. The molecule has 10 heteroatoms. The number of nitrogens with two attached hydrogens (primary N) is 1. The van der Waals surface area contributed by atoms with Gasteiger partial charge in [-0.3, -0.25) is 9.59 Å². The van der Waals surface area contributed by atoms with E-state index in [9.17, 15) is 9.59 Å². The van der Waals surface area contributed by atoms with E-state index in [2.05, 4.69) is 30.6 Å². The summed E-state index contributed by atoms with van der Waals surface area (Å²) >= 11 is 0. The van der Waals surface area contributed by atoms with E-state index in [1.165, 1.54) is 17.4 Å². The van der Waals surface area contributed by atoms with Crippen molar-refractivity contribution in [2.45, 2.75) is 38.6 Å². The molecule has 1 fully saturated rings. The maximum Gasteiger partial charge on any atom is 0.276 e. The number of carbonyl (C=O) groups is 2. The minimum atomic E-state index is -0.490. The molecule has 0 aromatic carbocycles. The Kier molecular flexibility index (Phi) is 7.14. The van der Waals surface area contributed by atoms with Gasteiger partial charge in [0.15, 0.2) is 11.9 Å². The van der Waals surface area contributed by atoms with Crippen LogP contribution in [-0.2, 0) is 4.79 Å². The molecular formula is C22H29N8O2+. The third-order valence-electron chi connectivity index (χ3n) is 5.12. The molecule has 2 heterocycles. The van der Waals surface area contributed by atoms with Crippen LogP contribution in [0.5, 0.6) is 0 Å². The van der Waals surface area contributed by atoms with Gasteiger partial charge < -0.3 is 21.3 Å². The summed E-state index contributed by atoms with van der Waals surface area (Å²) in [5.74, 6) is -0.515. The van der Waals surface area contributed by atoms with E-state index in [0.717, 1.165) is 18.5 Å². The second-order valence-electron chi connectivity index (χ2n) is 7.88. The summed E-state index contributed by atoms with van der Waals surface area (Å²) < 4.78 is 0. The van der Waals surface area contributed by atoms with Crippen LogP contribution in [0.4, 0.5) is 11.4 Å². The van der Waals surface area contributed by atoms with E-state index in [1.807, 2.05) is 26.0 Å². The summed E-state index contributed by atoms with van der Waals surface area (Å²) in [6.45, 7) is 3.76. The number of rotatable bonds is 8. The number of aromatic nitrogens is 3. The predicted molar refractivity (Wildman–Crippen MR) is 121 cm³/mol. The quantitative estimate of drug-likeness (QED) is 0.338. The van der Waals surface area contributed by atoms with E-state index in [0.29, 0.717) is 17.3 Å². The van der Waals surface area contributed by atoms with Gasteiger partial charge in [0, 0.05) is 24.7 Å². The fraction of sp³-hybridized carbons (Fsp3) is 0.364. The number of nitrogens with one attached hydrogen (secondary N) is 3. The topological polar surface area (TPSA) is 140 Å². The molecule has 3 rings (SSSR count). The van der Waals surface area contributed by atoms with Crippen LogP contribution in [-0.4, -0.2) is 58.0 Å². The van der Waals surface area contributed by atoms with Crippen molar-refractivity contribution >= 4 is 29.4 Å². The minimum Gasteiger partial charge on any atom is -0.392 e. The molecule has 1 aliphatic carbocycles. The Morgan fingerprint density at radius 2 is 1.94 bits per heavy atom. The Morgan fingerprint density at radius 3 is 2.53 bits per heavy atom. The lowest BCUT2D eigenvalue weighted by atomic mass is 10.2. The summed E-state index contributed by atoms with van der Waals surface area (Å²) in [7, 11) is 3.31. The number of carbonyl (C=O) groups excluding carboxylic acids is 2. The molecule has 168 valence electrons. The average molecular weight is 438 g/mol. The highest BCUT2D eigenvalue weighted by molar-refractivity contribution is 6.04. The van der Waals surface area contributed by atoms with Crippen LogP contribution in [0.2, 0.25) is 0 Å². The van der Waals surface area contributed by atoms with Gasteiger partial charge in [-0.2, -0.15) is 0 Å². The molecule has 10 nitrogen and oxygen atoms in total. The SMILES string of the molecule is C[NH+]=CC(NC(=O)c1nc(C2CC2)ccc1Nc1cncnc1)=C(N)C(=O)N(C)C(C)C. The van der Waals surface area contributed by atoms with Crippen molar-refractivity contribution < 1.29 is 14.6 Å². The molecule has 0 saturated heterocycles. The van der Waals surface area contributed by atoms with E-state index in [4.69, 9.17) is 5.73 Å². The van der Waals surface area contributed by atoms with Gasteiger partial charge in [0.25, 0.3) is 11.8 Å². The summed E-state index contributed by atoms with van der Waals surface area (Å²) in [6, 6.07) is 3.68. The third-order valence-corrected chi connectivity index (χ3v) is 5.12. The van der Waals surface area contributed by atoms with Gasteiger partial charge in [-0.1, -0.05) is 0 Å². The first-order valence-corrected chi connectivity index (χ1v) is 10.4. The van der Waals surface area contributed by atoms with Gasteiger partial charge in [-0.25, -0.2) is 19.9 Å². The highest BCUT2D eigenvalue weighted by Crippen LogP contribution is 2.39. The van der Waals surface area contributed by atoms with Gasteiger partial charge in [0.2, 0.25) is 0 Å². The molecule has 0 spiro atoms. The van der Waals surface area contributed by atoms with Crippen molar-refractivity contribution in [1.82, 2.24) is 25.2 Å². The minimum absolute atomic E-state index is 0.0478. The number of likely N-dealkylation sites (N-methyl/N-ethyl adjacent to an activating group) is 1. The molecule has 0 unspecified atom stereocenters. The van der Waals surface area contributed by atoms with Gasteiger partial charge in [-0.15, -0.1) is 0 Å². The Morgan fingerprint density at radius 1 is 1.25 bits per heavy atom. The Hall–Kier alpha value is -3.82. The highest BCUT2D eigenvalue weighted by atomic mass is 16.2. The van der Waals surface area contributed by atoms with Crippen molar-refractivity contribution in [3.05, 3.63) is 53.6 Å². The van der Waals surface area contributed by atoms with Crippen molar-refractivity contribution in [3.63, 3.8) is 0 Å². The molecule has 32 heavy (non-hydrogen) atoms. The fourth-order valence-corrected chi connectivity index (χ4v) is 2.92. The standard InChI is InChI=1S/C22H28N8O2/c1-13(2)30(4)22(32)19(23)18(11-24-3)29-21(31)20-17(27-15-9-25-12-26-10-15)8-7-16(28-20)14-5-6-14/h7-14,27H,5-6,23H2,1-4H3,(H,29,31)/p+1. The summed E-state index contributed by atoms with van der Waals surface area (Å²) in [5.41, 5.74) is 8.37. The average Bonchev–Trinajstić information content (AvgIpc) is 3.63. The van der Waals surface area contributed by atoms with E-state index >= 15 is 0 Å². The first-order valence-electron chi connectivity index (χ1n) is 10.4. The maximum absolute atomic E-state index is 13.3. The molecule has 1 aliphatic rings. The van der Waals surface area contributed by atoms with Crippen LogP contribution in [0, 0.1) is 0 Å². The number of nitrogens with zero attached hydrogens (tertiary/aromatic N) is 4. The summed E-state index contributed by atoms with van der Waals surface area (Å²) in [6.07, 6.45) is 8.20. The van der Waals surface area contributed by atoms with Crippen molar-refractivity contribution in [2.24, 2.45) is 5.73 Å². The highest BCUT2D eigenvalue weighted by Gasteiger charge is 2.28. The first kappa shape index (κ1) is 22.9. The van der Waals surface area contributed by atoms with Crippen LogP contribution in [0.1, 0.15) is 48.8 Å². The zero-order chi connectivity index (χ0) is 23.3. The Labute approximate surface area is 187 Å². The van der Waals surface area contributed by atoms with Crippen molar-refractivity contribution in [1.29, 1.82) is 0 Å². The Balaban J connectivity index is 1.94. The van der Waals surface area contributed by atoms with Crippen molar-refractivity contribution in [2.75, 3.05) is 19.4 Å². The number of hydrogen-bond donors (Lipinski definition) is 4. The molecule has 0 aliphatic heterocycles. The number of anilines is 2. The van der Waals surface area contributed by atoms with Gasteiger partial charge in [-0.05, 0) is 38.8 Å². The molecule has 2 amide bonds. The first-order chi connectivity index (χ1) is 15.3. The van der Waals surface area contributed by atoms with Gasteiger partial charge in [0.1, 0.15) is 24.8 Å². The second kappa shape index (κ2) is 9.99. The fourth-order valence-electron chi connectivity index (χ4n) is 2.92. The van der Waals surface area contributed by atoms with Gasteiger partial charge in [0.05, 0.1) is 23.8 Å². The monoisotopic (exact) mass is 437 g/mol. The largest absolute Gasteiger partial charge is 0.392 e. The molecule has 1 saturated carbocycles. The lowest BCUT2D eigenvalue weighted by Crippen LogP contribution is -2.64. The zero-order valence-corrected chi connectivity index (χ0v) is 18.7. The molecule has 0 bridgehead atoms. The summed E-state index contributed by atoms with van der Waals surface area (Å²) in [4.78, 5) is 42.8. The van der Waals surface area contributed by atoms with Crippen LogP contribution in [0.25, 0.3) is 0 Å². The van der Waals surface area contributed by atoms with Gasteiger partial charge >= 0.3 is 0 Å². The molecule has 0 radical (unpaired) electrons. The number of allylic oxidation sites excluding steroid dienone is 1. The molecule has 5 N–H and O–H groups in total. The number of amides is 2. The van der Waals surface area contributed by atoms with Crippen LogP contribution < -0.4 is 21.4 Å². The lowest BCUT2D eigenvalue weighted by Gasteiger charge is -2.22. The zero-order valence-electron chi connectivity index (χ0n) is 18.7. The van der Waals surface area contributed by atoms with Crippen LogP contribution in [0.3, 0.4) is 0 Å². The van der Waals surface area contributed by atoms with Crippen LogP contribution in [0.15, 0.2) is 42.2 Å². The lowest BCUT2D eigenvalue weighted by molar-refractivity contribution is -0.413. The molecular weight excluding hydrogens is 408 g/mol. The predicted octanol–water partition coefficient (Wildman–Crippen LogP) is 0.0407. The maximum atomic E-state index is 13.3. The third kappa shape index (κ3) is 5.45. The van der Waals surface area contributed by atoms with E-state index in [-0.39, 0.29) is 29.0 Å². The van der Waals surface area contributed by atoms with E-state index in [1.54, 1.807) is 26.5 Å². The van der Waals surface area contributed by atoms with E-state index < -0.39 is 5.91 Å². The van der Waals surface area contributed by atoms with Crippen LogP contribution >= 0.6 is 0 Å². The normalized spacial score (nSPS) is 14.3. The molecule has 2 aromatic heterocycles. The second-order valence-corrected chi connectivity index (χ2v) is 7.88. The molecule has 0 atom stereocenters. The Bertz CT molecular complexity index is 1050. The number of pyridine rings is 1. The van der Waals surface area contributed by atoms with Crippen molar-refractivity contribution in [3.8, 4) is 0 Å². The number of hydrogen-bond acceptors (Lipinski definition) is 7.